The van der Waals surface area contributed by atoms with Crippen molar-refractivity contribution in [1.29, 1.82) is 0 Å². The maximum Gasteiger partial charge on any atom is 0.262 e. The zero-order valence-electron chi connectivity index (χ0n) is 16.8. The van der Waals surface area contributed by atoms with Gasteiger partial charge in [0.2, 0.25) is 5.91 Å². The van der Waals surface area contributed by atoms with Crippen LogP contribution >= 0.6 is 23.2 Å². The number of benzene rings is 1. The van der Waals surface area contributed by atoms with Crippen LogP contribution in [0.2, 0.25) is 10.0 Å². The molecule has 0 spiro atoms. The Morgan fingerprint density at radius 3 is 2.47 bits per heavy atom. The molecule has 0 bridgehead atoms. The standard InChI is InChI=1S/C20H22Cl2F2N4O2/c1-20(2,3)7-15(29)27-8-13-16(19(25)30)17(10-4-5-11(21)12(22)6-10)26-28(13)14(9-27)18(23)24/h4-6,14,18H,7-9H2,1-3H3,(H2,25,30). The van der Waals surface area contributed by atoms with Gasteiger partial charge in [0, 0.05) is 18.5 Å². The summed E-state index contributed by atoms with van der Waals surface area (Å²) in [6.45, 7) is 5.42. The van der Waals surface area contributed by atoms with Gasteiger partial charge in [-0.15, -0.1) is 0 Å². The van der Waals surface area contributed by atoms with Crippen LogP contribution in [0, 0.1) is 5.41 Å². The molecule has 2 aromatic rings. The molecule has 1 aromatic carbocycles. The molecular weight excluding hydrogens is 437 g/mol. The highest BCUT2D eigenvalue weighted by Gasteiger charge is 2.39. The van der Waals surface area contributed by atoms with Crippen molar-refractivity contribution >= 4 is 35.0 Å². The second-order valence-corrected chi connectivity index (χ2v) is 9.34. The van der Waals surface area contributed by atoms with Crippen LogP contribution in [0.5, 0.6) is 0 Å². The molecule has 0 aliphatic carbocycles. The molecule has 2 amide bonds. The third-order valence-corrected chi connectivity index (χ3v) is 5.58. The van der Waals surface area contributed by atoms with Crippen LogP contribution in [-0.4, -0.2) is 39.5 Å². The number of hydrogen-bond donors (Lipinski definition) is 1. The molecule has 0 radical (unpaired) electrons. The number of halogens is 4. The van der Waals surface area contributed by atoms with Crippen molar-refractivity contribution in [3.8, 4) is 11.3 Å². The Bertz CT molecular complexity index is 1000. The summed E-state index contributed by atoms with van der Waals surface area (Å²) < 4.78 is 28.9. The van der Waals surface area contributed by atoms with Gasteiger partial charge < -0.3 is 10.6 Å². The van der Waals surface area contributed by atoms with E-state index in [9.17, 15) is 18.4 Å². The molecule has 3 rings (SSSR count). The molecule has 2 N–H and O–H groups in total. The van der Waals surface area contributed by atoms with Crippen LogP contribution in [0.3, 0.4) is 0 Å². The fourth-order valence-electron chi connectivity index (χ4n) is 3.49. The van der Waals surface area contributed by atoms with E-state index in [0.717, 1.165) is 4.68 Å². The van der Waals surface area contributed by atoms with E-state index < -0.39 is 18.4 Å². The summed E-state index contributed by atoms with van der Waals surface area (Å²) in [6.07, 6.45) is -2.61. The van der Waals surface area contributed by atoms with Gasteiger partial charge in [0.05, 0.1) is 27.8 Å². The van der Waals surface area contributed by atoms with E-state index in [2.05, 4.69) is 5.10 Å². The average molecular weight is 459 g/mol. The van der Waals surface area contributed by atoms with Crippen molar-refractivity contribution in [2.75, 3.05) is 6.54 Å². The molecule has 0 saturated heterocycles. The normalized spacial score (nSPS) is 16.7. The lowest BCUT2D eigenvalue weighted by Crippen LogP contribution is -2.45. The predicted octanol–water partition coefficient (Wildman–Crippen LogP) is 4.54. The van der Waals surface area contributed by atoms with Crippen molar-refractivity contribution in [3.05, 3.63) is 39.5 Å². The lowest BCUT2D eigenvalue weighted by molar-refractivity contribution is -0.136. The van der Waals surface area contributed by atoms with Crippen LogP contribution in [0.25, 0.3) is 11.3 Å². The SMILES string of the molecule is CC(C)(C)CC(=O)N1Cc2c(C(N)=O)c(-c3ccc(Cl)c(Cl)c3)nn2C(C(F)F)C1. The molecule has 10 heteroatoms. The number of nitrogens with two attached hydrogens (primary N) is 1. The predicted molar refractivity (Wildman–Crippen MR) is 111 cm³/mol. The van der Waals surface area contributed by atoms with Gasteiger partial charge in [0.25, 0.3) is 12.3 Å². The second kappa shape index (κ2) is 8.15. The van der Waals surface area contributed by atoms with Crippen LogP contribution < -0.4 is 5.73 Å². The number of aromatic nitrogens is 2. The van der Waals surface area contributed by atoms with E-state index in [4.69, 9.17) is 28.9 Å². The number of rotatable bonds is 4. The third kappa shape index (κ3) is 4.44. The molecule has 6 nitrogen and oxygen atoms in total. The molecule has 1 aliphatic rings. The minimum Gasteiger partial charge on any atom is -0.365 e. The summed E-state index contributed by atoms with van der Waals surface area (Å²) in [5.41, 5.74) is 6.00. The number of primary amides is 1. The first-order valence-electron chi connectivity index (χ1n) is 9.31. The van der Waals surface area contributed by atoms with E-state index in [1.54, 1.807) is 6.07 Å². The smallest absolute Gasteiger partial charge is 0.262 e. The molecule has 1 aliphatic heterocycles. The number of hydrogen-bond acceptors (Lipinski definition) is 3. The minimum atomic E-state index is -2.80. The summed E-state index contributed by atoms with van der Waals surface area (Å²) >= 11 is 12.0. The maximum atomic E-state index is 13.9. The summed E-state index contributed by atoms with van der Waals surface area (Å²) in [5, 5.41) is 4.81. The Morgan fingerprint density at radius 1 is 1.27 bits per heavy atom. The lowest BCUT2D eigenvalue weighted by atomic mass is 9.91. The van der Waals surface area contributed by atoms with Gasteiger partial charge >= 0.3 is 0 Å². The molecule has 1 atom stereocenters. The van der Waals surface area contributed by atoms with E-state index in [0.29, 0.717) is 10.6 Å². The lowest BCUT2D eigenvalue weighted by Gasteiger charge is -2.35. The second-order valence-electron chi connectivity index (χ2n) is 8.52. The van der Waals surface area contributed by atoms with Gasteiger partial charge in [-0.2, -0.15) is 5.10 Å². The zero-order chi connectivity index (χ0) is 22.4. The summed E-state index contributed by atoms with van der Waals surface area (Å²) in [7, 11) is 0. The molecular formula is C20H22Cl2F2N4O2. The first-order chi connectivity index (χ1) is 13.9. The third-order valence-electron chi connectivity index (χ3n) is 4.84. The van der Waals surface area contributed by atoms with E-state index in [1.807, 2.05) is 20.8 Å². The summed E-state index contributed by atoms with van der Waals surface area (Å²) in [4.78, 5) is 26.4. The van der Waals surface area contributed by atoms with Crippen molar-refractivity contribution in [1.82, 2.24) is 14.7 Å². The van der Waals surface area contributed by atoms with Crippen LogP contribution in [-0.2, 0) is 11.3 Å². The fourth-order valence-corrected chi connectivity index (χ4v) is 3.79. The van der Waals surface area contributed by atoms with Gasteiger partial charge in [-0.25, -0.2) is 8.78 Å². The molecule has 1 aromatic heterocycles. The van der Waals surface area contributed by atoms with E-state index in [-0.39, 0.29) is 52.8 Å². The number of carbonyl (C=O) groups excluding carboxylic acids is 2. The quantitative estimate of drug-likeness (QED) is 0.729. The molecule has 30 heavy (non-hydrogen) atoms. The largest absolute Gasteiger partial charge is 0.365 e. The maximum absolute atomic E-state index is 13.9. The minimum absolute atomic E-state index is 0.00713. The Morgan fingerprint density at radius 2 is 1.93 bits per heavy atom. The van der Waals surface area contributed by atoms with Crippen molar-refractivity contribution < 1.29 is 18.4 Å². The highest BCUT2D eigenvalue weighted by Crippen LogP contribution is 2.36. The average Bonchev–Trinajstić information content (AvgIpc) is 3.01. The van der Waals surface area contributed by atoms with Crippen molar-refractivity contribution in [2.45, 2.75) is 46.2 Å². The molecule has 162 valence electrons. The van der Waals surface area contributed by atoms with Gasteiger partial charge in [0.1, 0.15) is 11.7 Å². The number of fused-ring (bicyclic) bond motifs is 1. The van der Waals surface area contributed by atoms with Crippen molar-refractivity contribution in [2.24, 2.45) is 11.1 Å². The first-order valence-corrected chi connectivity index (χ1v) is 10.1. The van der Waals surface area contributed by atoms with Gasteiger partial charge in [-0.3, -0.25) is 14.3 Å². The summed E-state index contributed by atoms with van der Waals surface area (Å²) in [6, 6.07) is 3.19. The number of amides is 2. The Labute approximate surface area is 182 Å². The van der Waals surface area contributed by atoms with E-state index in [1.165, 1.54) is 17.0 Å². The van der Waals surface area contributed by atoms with Crippen LogP contribution in [0.15, 0.2) is 18.2 Å². The van der Waals surface area contributed by atoms with Crippen LogP contribution in [0.1, 0.15) is 49.3 Å². The number of alkyl halides is 2. The monoisotopic (exact) mass is 458 g/mol. The highest BCUT2D eigenvalue weighted by molar-refractivity contribution is 6.42. The highest BCUT2D eigenvalue weighted by atomic mass is 35.5. The fraction of sp³-hybridized carbons (Fsp3) is 0.450. The molecule has 0 fully saturated rings. The summed E-state index contributed by atoms with van der Waals surface area (Å²) in [5.74, 6) is -1.09. The number of nitrogens with zero attached hydrogens (tertiary/aromatic N) is 3. The van der Waals surface area contributed by atoms with Gasteiger partial charge in [-0.1, -0.05) is 50.0 Å². The van der Waals surface area contributed by atoms with E-state index >= 15 is 0 Å². The van der Waals surface area contributed by atoms with Gasteiger partial charge in [-0.05, 0) is 17.5 Å². The molecule has 2 heterocycles. The zero-order valence-corrected chi connectivity index (χ0v) is 18.3. The topological polar surface area (TPSA) is 81.2 Å². The Kier molecular flexibility index (Phi) is 6.11. The van der Waals surface area contributed by atoms with Crippen molar-refractivity contribution in [3.63, 3.8) is 0 Å². The molecule has 0 saturated carbocycles. The Hall–Kier alpha value is -2.19. The molecule has 1 unspecified atom stereocenters. The number of carbonyl (C=O) groups is 2. The van der Waals surface area contributed by atoms with Gasteiger partial charge in [0.15, 0.2) is 0 Å². The Balaban J connectivity index is 2.12. The van der Waals surface area contributed by atoms with Crippen LogP contribution in [0.4, 0.5) is 8.78 Å². The first kappa shape index (κ1) is 22.5.